The van der Waals surface area contributed by atoms with Gasteiger partial charge in [-0.15, -0.1) is 6.58 Å². The highest BCUT2D eigenvalue weighted by Gasteiger charge is 2.09. The van der Waals surface area contributed by atoms with Crippen molar-refractivity contribution in [1.29, 1.82) is 0 Å². The van der Waals surface area contributed by atoms with Gasteiger partial charge in [-0.1, -0.05) is 63.5 Å². The lowest BCUT2D eigenvalue weighted by atomic mass is 10.0. The van der Waals surface area contributed by atoms with Crippen molar-refractivity contribution in [2.75, 3.05) is 13.2 Å². The molecule has 0 amide bonds. The molecule has 0 aliphatic rings. The third-order valence-corrected chi connectivity index (χ3v) is 6.72. The second-order valence-corrected chi connectivity index (χ2v) is 9.81. The van der Waals surface area contributed by atoms with Gasteiger partial charge in [0, 0.05) is 0 Å². The van der Waals surface area contributed by atoms with E-state index in [9.17, 15) is 4.79 Å². The van der Waals surface area contributed by atoms with Crippen LogP contribution in [0.25, 0.3) is 11.1 Å². The summed E-state index contributed by atoms with van der Waals surface area (Å²) in [5, 5.41) is 0. The third kappa shape index (κ3) is 10.1. The van der Waals surface area contributed by atoms with Crippen molar-refractivity contribution in [3.05, 3.63) is 91.0 Å². The molecule has 0 spiro atoms. The van der Waals surface area contributed by atoms with Crippen LogP contribution < -0.4 is 14.2 Å². The molecule has 0 unspecified atom stereocenters. The Bertz CT molecular complexity index is 1080. The molecular weight excluding hydrogens is 472 g/mol. The summed E-state index contributed by atoms with van der Waals surface area (Å²) in [5.41, 5.74) is 2.63. The van der Waals surface area contributed by atoms with Crippen LogP contribution in [-0.4, -0.2) is 19.2 Å². The summed E-state index contributed by atoms with van der Waals surface area (Å²) in [7, 11) is 0. The standard InChI is InChI=1S/C34H42O4/c1-4-6-7-8-9-10-25-36-32-21-17-30(18-22-32)34(35)38-33-23-15-29(16-24-33)28-13-19-31(20-14-28)37-26-11-12-27(3)5-2/h4,13-24,27H,1,5-12,25-26H2,2-3H3/t27-/m0/s1. The van der Waals surface area contributed by atoms with Gasteiger partial charge >= 0.3 is 5.97 Å². The molecule has 38 heavy (non-hydrogen) atoms. The van der Waals surface area contributed by atoms with Crippen molar-refractivity contribution in [3.8, 4) is 28.4 Å². The Morgan fingerprint density at radius 2 is 1.26 bits per heavy atom. The van der Waals surface area contributed by atoms with Gasteiger partial charge in [-0.05, 0) is 97.7 Å². The van der Waals surface area contributed by atoms with E-state index in [-0.39, 0.29) is 5.97 Å². The van der Waals surface area contributed by atoms with Gasteiger partial charge in [0.05, 0.1) is 18.8 Å². The van der Waals surface area contributed by atoms with Gasteiger partial charge in [0.2, 0.25) is 0 Å². The van der Waals surface area contributed by atoms with Gasteiger partial charge in [-0.2, -0.15) is 0 Å². The minimum atomic E-state index is -0.388. The molecule has 0 saturated carbocycles. The average molecular weight is 515 g/mol. The zero-order valence-corrected chi connectivity index (χ0v) is 23.0. The van der Waals surface area contributed by atoms with E-state index in [1.54, 1.807) is 12.1 Å². The predicted octanol–water partition coefficient (Wildman–Crippen LogP) is 9.29. The van der Waals surface area contributed by atoms with Gasteiger partial charge in [0.15, 0.2) is 0 Å². The summed E-state index contributed by atoms with van der Waals surface area (Å²) in [6, 6.07) is 22.8. The first-order valence-corrected chi connectivity index (χ1v) is 14.0. The maximum Gasteiger partial charge on any atom is 0.343 e. The molecule has 4 heteroatoms. The van der Waals surface area contributed by atoms with Crippen molar-refractivity contribution in [2.45, 2.75) is 65.2 Å². The van der Waals surface area contributed by atoms with E-state index in [1.165, 1.54) is 25.7 Å². The fourth-order valence-electron chi connectivity index (χ4n) is 4.07. The lowest BCUT2D eigenvalue weighted by Crippen LogP contribution is -2.08. The molecule has 0 aromatic heterocycles. The number of allylic oxidation sites excluding steroid dienone is 1. The number of ether oxygens (including phenoxy) is 3. The number of benzene rings is 3. The van der Waals surface area contributed by atoms with E-state index in [1.807, 2.05) is 54.6 Å². The molecule has 0 aliphatic heterocycles. The lowest BCUT2D eigenvalue weighted by molar-refractivity contribution is 0.0734. The van der Waals surface area contributed by atoms with E-state index < -0.39 is 0 Å². The monoisotopic (exact) mass is 514 g/mol. The maximum atomic E-state index is 12.6. The van der Waals surface area contributed by atoms with Crippen LogP contribution in [0.5, 0.6) is 17.2 Å². The van der Waals surface area contributed by atoms with E-state index in [2.05, 4.69) is 32.6 Å². The molecule has 3 aromatic carbocycles. The second kappa shape index (κ2) is 16.3. The molecule has 4 nitrogen and oxygen atoms in total. The summed E-state index contributed by atoms with van der Waals surface area (Å²) in [6.07, 6.45) is 11.1. The smallest absolute Gasteiger partial charge is 0.343 e. The Morgan fingerprint density at radius 1 is 0.737 bits per heavy atom. The van der Waals surface area contributed by atoms with Crippen LogP contribution in [0.4, 0.5) is 0 Å². The molecule has 0 N–H and O–H groups in total. The minimum absolute atomic E-state index is 0.388. The van der Waals surface area contributed by atoms with Crippen LogP contribution in [0.2, 0.25) is 0 Å². The Hall–Kier alpha value is -3.53. The first-order valence-electron chi connectivity index (χ1n) is 14.0. The summed E-state index contributed by atoms with van der Waals surface area (Å²) >= 11 is 0. The number of rotatable bonds is 17. The van der Waals surface area contributed by atoms with E-state index in [4.69, 9.17) is 14.2 Å². The van der Waals surface area contributed by atoms with E-state index in [0.717, 1.165) is 60.8 Å². The summed E-state index contributed by atoms with van der Waals surface area (Å²) < 4.78 is 17.2. The van der Waals surface area contributed by atoms with Crippen molar-refractivity contribution in [2.24, 2.45) is 5.92 Å². The largest absolute Gasteiger partial charge is 0.494 e. The average Bonchev–Trinajstić information content (AvgIpc) is 2.96. The summed E-state index contributed by atoms with van der Waals surface area (Å²) in [4.78, 5) is 12.6. The minimum Gasteiger partial charge on any atom is -0.494 e. The number of hydrogen-bond donors (Lipinski definition) is 0. The molecular formula is C34H42O4. The Balaban J connectivity index is 1.42. The van der Waals surface area contributed by atoms with Crippen molar-refractivity contribution < 1.29 is 19.0 Å². The third-order valence-electron chi connectivity index (χ3n) is 6.72. The molecule has 0 aliphatic carbocycles. The predicted molar refractivity (Wildman–Crippen MR) is 156 cm³/mol. The molecule has 1 atom stereocenters. The van der Waals surface area contributed by atoms with Crippen molar-refractivity contribution in [3.63, 3.8) is 0 Å². The summed E-state index contributed by atoms with van der Waals surface area (Å²) in [6.45, 7) is 9.68. The van der Waals surface area contributed by atoms with Crippen LogP contribution in [-0.2, 0) is 0 Å². The van der Waals surface area contributed by atoms with Gasteiger partial charge in [0.1, 0.15) is 17.2 Å². The normalized spacial score (nSPS) is 11.5. The molecule has 0 fully saturated rings. The number of carbonyl (C=O) groups excluding carboxylic acids is 1. The zero-order chi connectivity index (χ0) is 27.0. The SMILES string of the molecule is C=CCCCCCCOc1ccc(C(=O)Oc2ccc(-c3ccc(OCCC[C@@H](C)CC)cc3)cc2)cc1. The highest BCUT2D eigenvalue weighted by Crippen LogP contribution is 2.25. The highest BCUT2D eigenvalue weighted by atomic mass is 16.5. The molecule has 3 aromatic rings. The van der Waals surface area contributed by atoms with Crippen LogP contribution in [0.1, 0.15) is 75.6 Å². The van der Waals surface area contributed by atoms with Gasteiger partial charge in [0.25, 0.3) is 0 Å². The highest BCUT2D eigenvalue weighted by molar-refractivity contribution is 5.91. The van der Waals surface area contributed by atoms with Crippen molar-refractivity contribution in [1.82, 2.24) is 0 Å². The number of hydrogen-bond acceptors (Lipinski definition) is 4. The van der Waals surface area contributed by atoms with Gasteiger partial charge in [-0.25, -0.2) is 4.79 Å². The fourth-order valence-corrected chi connectivity index (χ4v) is 4.07. The number of esters is 1. The Kier molecular flexibility index (Phi) is 12.5. The van der Waals surface area contributed by atoms with Gasteiger partial charge in [-0.3, -0.25) is 0 Å². The van der Waals surface area contributed by atoms with E-state index in [0.29, 0.717) is 17.9 Å². The first kappa shape index (κ1) is 29.0. The molecule has 202 valence electrons. The maximum absolute atomic E-state index is 12.6. The van der Waals surface area contributed by atoms with Crippen LogP contribution in [0.15, 0.2) is 85.5 Å². The van der Waals surface area contributed by atoms with Crippen molar-refractivity contribution >= 4 is 5.97 Å². The summed E-state index contributed by atoms with van der Waals surface area (Å²) in [5.74, 6) is 2.53. The molecule has 3 rings (SSSR count). The lowest BCUT2D eigenvalue weighted by Gasteiger charge is -2.10. The molecule has 0 bridgehead atoms. The Morgan fingerprint density at radius 3 is 1.84 bits per heavy atom. The molecule has 0 saturated heterocycles. The van der Waals surface area contributed by atoms with Crippen LogP contribution in [0, 0.1) is 5.92 Å². The van der Waals surface area contributed by atoms with E-state index >= 15 is 0 Å². The molecule has 0 heterocycles. The Labute approximate surface area is 228 Å². The van der Waals surface area contributed by atoms with Crippen LogP contribution >= 0.6 is 0 Å². The number of carbonyl (C=O) groups is 1. The zero-order valence-electron chi connectivity index (χ0n) is 23.0. The fraction of sp³-hybridized carbons (Fsp3) is 0.382. The topological polar surface area (TPSA) is 44.8 Å². The second-order valence-electron chi connectivity index (χ2n) is 9.81. The first-order chi connectivity index (χ1) is 18.6. The number of unbranched alkanes of at least 4 members (excludes halogenated alkanes) is 4. The molecule has 0 radical (unpaired) electrons. The van der Waals surface area contributed by atoms with Gasteiger partial charge < -0.3 is 14.2 Å². The quantitative estimate of drug-likeness (QED) is 0.0779. The van der Waals surface area contributed by atoms with Crippen LogP contribution in [0.3, 0.4) is 0 Å².